The maximum absolute atomic E-state index is 12.4. The maximum atomic E-state index is 12.4. The van der Waals surface area contributed by atoms with Crippen molar-refractivity contribution in [3.8, 4) is 5.75 Å². The molecular weight excluding hydrogens is 342 g/mol. The number of para-hydroxylation sites is 1. The van der Waals surface area contributed by atoms with Crippen LogP contribution >= 0.6 is 0 Å². The Labute approximate surface area is 150 Å². The van der Waals surface area contributed by atoms with Crippen LogP contribution < -0.4 is 4.74 Å². The van der Waals surface area contributed by atoms with Gasteiger partial charge in [0.2, 0.25) is 15.9 Å². The van der Waals surface area contributed by atoms with Gasteiger partial charge in [0.25, 0.3) is 0 Å². The number of hydrogen-bond acceptors (Lipinski definition) is 5. The molecule has 0 unspecified atom stereocenters. The zero-order valence-electron chi connectivity index (χ0n) is 15.1. The van der Waals surface area contributed by atoms with Crippen molar-refractivity contribution >= 4 is 15.9 Å². The summed E-state index contributed by atoms with van der Waals surface area (Å²) in [6.07, 6.45) is 1.36. The normalized spacial score (nSPS) is 16.2. The van der Waals surface area contributed by atoms with E-state index in [1.54, 1.807) is 13.2 Å². The van der Waals surface area contributed by atoms with Crippen LogP contribution in [0, 0.1) is 0 Å². The number of rotatable bonds is 7. The van der Waals surface area contributed by atoms with Gasteiger partial charge in [-0.05, 0) is 13.1 Å². The van der Waals surface area contributed by atoms with Gasteiger partial charge in [-0.2, -0.15) is 4.31 Å². The highest BCUT2D eigenvalue weighted by Crippen LogP contribution is 2.20. The Kier molecular flexibility index (Phi) is 6.80. The molecule has 1 aliphatic heterocycles. The first kappa shape index (κ1) is 19.7. The zero-order valence-corrected chi connectivity index (χ0v) is 16.0. The van der Waals surface area contributed by atoms with Crippen LogP contribution in [0.4, 0.5) is 0 Å². The number of sulfonamides is 1. The number of carbonyl (C=O) groups excluding carboxylic acids is 1. The van der Waals surface area contributed by atoms with E-state index in [1.807, 2.05) is 30.1 Å². The summed E-state index contributed by atoms with van der Waals surface area (Å²) < 4.78 is 30.9. The van der Waals surface area contributed by atoms with Gasteiger partial charge in [-0.3, -0.25) is 4.79 Å². The predicted molar refractivity (Wildman–Crippen MR) is 96.9 cm³/mol. The molecule has 1 fully saturated rings. The Bertz CT molecular complexity index is 685. The lowest BCUT2D eigenvalue weighted by atomic mass is 10.2. The molecule has 0 bridgehead atoms. The molecule has 8 heteroatoms. The maximum Gasteiger partial charge on any atom is 0.223 e. The molecule has 0 radical (unpaired) electrons. The lowest BCUT2D eigenvalue weighted by Crippen LogP contribution is -2.47. The van der Waals surface area contributed by atoms with Crippen LogP contribution in [-0.2, 0) is 21.4 Å². The third kappa shape index (κ3) is 5.69. The minimum atomic E-state index is -3.42. The highest BCUT2D eigenvalue weighted by Gasteiger charge is 2.23. The SMILES string of the molecule is COc1ccccc1CN(CCC(=O)N1CCN(C)CC1)S(C)(=O)=O. The number of nitrogens with zero attached hydrogens (tertiary/aromatic N) is 3. The van der Waals surface area contributed by atoms with Gasteiger partial charge >= 0.3 is 0 Å². The molecule has 1 saturated heterocycles. The number of hydrogen-bond donors (Lipinski definition) is 0. The number of amides is 1. The van der Waals surface area contributed by atoms with E-state index in [1.165, 1.54) is 10.6 Å². The number of likely N-dealkylation sites (N-methyl/N-ethyl adjacent to an activating group) is 1. The topological polar surface area (TPSA) is 70.2 Å². The van der Waals surface area contributed by atoms with Gasteiger partial charge in [-0.15, -0.1) is 0 Å². The van der Waals surface area contributed by atoms with E-state index in [-0.39, 0.29) is 25.4 Å². The quantitative estimate of drug-likeness (QED) is 0.705. The molecule has 0 atom stereocenters. The fourth-order valence-electron chi connectivity index (χ4n) is 2.82. The second-order valence-electron chi connectivity index (χ2n) is 6.34. The van der Waals surface area contributed by atoms with E-state index in [2.05, 4.69) is 4.90 Å². The van der Waals surface area contributed by atoms with Crippen LogP contribution in [0.25, 0.3) is 0 Å². The Morgan fingerprint density at radius 1 is 1.20 bits per heavy atom. The molecule has 1 aromatic carbocycles. The minimum absolute atomic E-state index is 0.00165. The van der Waals surface area contributed by atoms with Gasteiger partial charge in [0, 0.05) is 51.3 Å². The minimum Gasteiger partial charge on any atom is -0.496 e. The molecule has 0 aliphatic carbocycles. The average Bonchev–Trinajstić information content (AvgIpc) is 2.58. The Morgan fingerprint density at radius 2 is 1.84 bits per heavy atom. The Morgan fingerprint density at radius 3 is 2.44 bits per heavy atom. The fourth-order valence-corrected chi connectivity index (χ4v) is 3.62. The second kappa shape index (κ2) is 8.64. The van der Waals surface area contributed by atoms with Crippen molar-refractivity contribution in [2.24, 2.45) is 0 Å². The largest absolute Gasteiger partial charge is 0.496 e. The van der Waals surface area contributed by atoms with Gasteiger partial charge in [-0.25, -0.2) is 8.42 Å². The van der Waals surface area contributed by atoms with Crippen LogP contribution in [0.2, 0.25) is 0 Å². The number of carbonyl (C=O) groups is 1. The Hall–Kier alpha value is -1.64. The van der Waals surface area contributed by atoms with E-state index < -0.39 is 10.0 Å². The van der Waals surface area contributed by atoms with Crippen LogP contribution in [0.5, 0.6) is 5.75 Å². The standard InChI is InChI=1S/C17H27N3O4S/c1-18-10-12-19(13-11-18)17(21)8-9-20(25(3,22)23)14-15-6-4-5-7-16(15)24-2/h4-7H,8-14H2,1-3H3. The van der Waals surface area contributed by atoms with Crippen molar-refractivity contribution in [3.63, 3.8) is 0 Å². The first-order chi connectivity index (χ1) is 11.8. The van der Waals surface area contributed by atoms with Crippen molar-refractivity contribution in [2.45, 2.75) is 13.0 Å². The van der Waals surface area contributed by atoms with Crippen LogP contribution in [-0.4, -0.2) is 81.6 Å². The summed E-state index contributed by atoms with van der Waals surface area (Å²) in [6, 6.07) is 7.31. The number of ether oxygens (including phenoxy) is 1. The summed E-state index contributed by atoms with van der Waals surface area (Å²) in [5.41, 5.74) is 0.780. The summed E-state index contributed by atoms with van der Waals surface area (Å²) in [5.74, 6) is 0.642. The molecule has 2 rings (SSSR count). The van der Waals surface area contributed by atoms with Gasteiger partial charge < -0.3 is 14.5 Å². The van der Waals surface area contributed by atoms with E-state index in [0.29, 0.717) is 18.8 Å². The molecular formula is C17H27N3O4S. The first-order valence-corrected chi connectivity index (χ1v) is 10.2. The van der Waals surface area contributed by atoms with Crippen molar-refractivity contribution < 1.29 is 17.9 Å². The van der Waals surface area contributed by atoms with E-state index in [0.717, 1.165) is 18.7 Å². The molecule has 1 amide bonds. The number of piperazine rings is 1. The molecule has 1 heterocycles. The molecule has 0 spiro atoms. The first-order valence-electron chi connectivity index (χ1n) is 8.34. The average molecular weight is 369 g/mol. The fraction of sp³-hybridized carbons (Fsp3) is 0.588. The van der Waals surface area contributed by atoms with Crippen LogP contribution in [0.3, 0.4) is 0 Å². The molecule has 25 heavy (non-hydrogen) atoms. The third-order valence-corrected chi connectivity index (χ3v) is 5.69. The van der Waals surface area contributed by atoms with Gasteiger partial charge in [0.05, 0.1) is 13.4 Å². The highest BCUT2D eigenvalue weighted by molar-refractivity contribution is 7.88. The van der Waals surface area contributed by atoms with Crippen molar-refractivity contribution in [3.05, 3.63) is 29.8 Å². The molecule has 140 valence electrons. The monoisotopic (exact) mass is 369 g/mol. The summed E-state index contributed by atoms with van der Waals surface area (Å²) in [6.45, 7) is 3.45. The van der Waals surface area contributed by atoms with Gasteiger partial charge in [0.15, 0.2) is 0 Å². The van der Waals surface area contributed by atoms with E-state index in [9.17, 15) is 13.2 Å². The lowest BCUT2D eigenvalue weighted by Gasteiger charge is -2.33. The molecule has 1 aliphatic rings. The molecule has 7 nitrogen and oxygen atoms in total. The zero-order chi connectivity index (χ0) is 18.4. The third-order valence-electron chi connectivity index (χ3n) is 4.44. The van der Waals surface area contributed by atoms with Crippen LogP contribution in [0.15, 0.2) is 24.3 Å². The van der Waals surface area contributed by atoms with Gasteiger partial charge in [0.1, 0.15) is 5.75 Å². The Balaban J connectivity index is 2.00. The molecule has 1 aromatic rings. The van der Waals surface area contributed by atoms with E-state index >= 15 is 0 Å². The van der Waals surface area contributed by atoms with Crippen molar-refractivity contribution in [1.29, 1.82) is 0 Å². The lowest BCUT2D eigenvalue weighted by molar-refractivity contribution is -0.132. The smallest absolute Gasteiger partial charge is 0.223 e. The van der Waals surface area contributed by atoms with Gasteiger partial charge in [-0.1, -0.05) is 18.2 Å². The predicted octanol–water partition coefficient (Wildman–Crippen LogP) is 0.621. The summed E-state index contributed by atoms with van der Waals surface area (Å²) >= 11 is 0. The summed E-state index contributed by atoms with van der Waals surface area (Å²) in [4.78, 5) is 16.4. The van der Waals surface area contributed by atoms with Crippen molar-refractivity contribution in [1.82, 2.24) is 14.1 Å². The van der Waals surface area contributed by atoms with Crippen LogP contribution in [0.1, 0.15) is 12.0 Å². The highest BCUT2D eigenvalue weighted by atomic mass is 32.2. The second-order valence-corrected chi connectivity index (χ2v) is 8.32. The molecule has 0 saturated carbocycles. The summed E-state index contributed by atoms with van der Waals surface area (Å²) in [5, 5.41) is 0. The van der Waals surface area contributed by atoms with E-state index in [4.69, 9.17) is 4.74 Å². The van der Waals surface area contributed by atoms with Crippen molar-refractivity contribution in [2.75, 3.05) is 53.1 Å². The number of benzene rings is 1. The summed E-state index contributed by atoms with van der Waals surface area (Å²) in [7, 11) is 0.160. The number of methoxy groups -OCH3 is 1. The molecule has 0 aromatic heterocycles. The molecule has 0 N–H and O–H groups in total.